The fraction of sp³-hybridized carbons (Fsp3) is 0.467. The second-order valence-corrected chi connectivity index (χ2v) is 5.46. The van der Waals surface area contributed by atoms with E-state index in [-0.39, 0.29) is 12.5 Å². The van der Waals surface area contributed by atoms with E-state index in [0.717, 1.165) is 5.69 Å². The van der Waals surface area contributed by atoms with E-state index in [4.69, 9.17) is 9.47 Å². The Labute approximate surface area is 133 Å². The van der Waals surface area contributed by atoms with Crippen LogP contribution in [0.25, 0.3) is 0 Å². The maximum Gasteiger partial charge on any atom is 0.413 e. The van der Waals surface area contributed by atoms with Gasteiger partial charge < -0.3 is 19.5 Å². The van der Waals surface area contributed by atoms with Crippen molar-refractivity contribution in [1.29, 1.82) is 0 Å². The van der Waals surface area contributed by atoms with Gasteiger partial charge in [0, 0.05) is 30.9 Å². The second-order valence-electron chi connectivity index (χ2n) is 5.46. The summed E-state index contributed by atoms with van der Waals surface area (Å²) in [5.41, 5.74) is 1.33. The van der Waals surface area contributed by atoms with Crippen LogP contribution in [0.15, 0.2) is 24.3 Å². The number of carbonyl (C=O) groups is 2. The highest BCUT2D eigenvalue weighted by Gasteiger charge is 2.25. The number of hydrogen-bond acceptors (Lipinski definition) is 6. The van der Waals surface area contributed by atoms with Crippen LogP contribution >= 0.6 is 0 Å². The number of aliphatic hydroxyl groups excluding tert-OH is 1. The van der Waals surface area contributed by atoms with Crippen LogP contribution in [0, 0.1) is 0 Å². The third kappa shape index (κ3) is 3.98. The van der Waals surface area contributed by atoms with Crippen molar-refractivity contribution < 1.29 is 24.2 Å². The number of nitrogens with zero attached hydrogens (tertiary/aromatic N) is 1. The Hall–Kier alpha value is -2.16. The smallest absolute Gasteiger partial charge is 0.413 e. The average molecular weight is 321 g/mol. The lowest BCUT2D eigenvalue weighted by Gasteiger charge is -2.26. The van der Waals surface area contributed by atoms with Gasteiger partial charge in [0.25, 0.3) is 5.91 Å². The number of nitrogens with one attached hydrogen (secondary N) is 2. The molecule has 3 N–H and O–H groups in total. The van der Waals surface area contributed by atoms with Gasteiger partial charge in [-0.05, 0) is 24.3 Å². The third-order valence-corrected chi connectivity index (χ3v) is 3.73. The summed E-state index contributed by atoms with van der Waals surface area (Å²) < 4.78 is 10.2. The van der Waals surface area contributed by atoms with Crippen LogP contribution in [0.2, 0.25) is 0 Å². The van der Waals surface area contributed by atoms with Crippen molar-refractivity contribution in [1.82, 2.24) is 5.32 Å². The molecule has 0 radical (unpaired) electrons. The van der Waals surface area contributed by atoms with E-state index in [1.165, 1.54) is 0 Å². The number of morpholine rings is 1. The molecule has 0 saturated carbocycles. The lowest BCUT2D eigenvalue weighted by Crippen LogP contribution is -2.41. The van der Waals surface area contributed by atoms with Gasteiger partial charge in [0.05, 0.1) is 12.7 Å². The Kier molecular flexibility index (Phi) is 4.75. The zero-order valence-corrected chi connectivity index (χ0v) is 12.5. The quantitative estimate of drug-likeness (QED) is 0.739. The van der Waals surface area contributed by atoms with Gasteiger partial charge in [-0.3, -0.25) is 15.4 Å². The molecule has 0 unspecified atom stereocenters. The molecule has 0 spiro atoms. The van der Waals surface area contributed by atoms with Crippen LogP contribution in [0.4, 0.5) is 16.2 Å². The van der Waals surface area contributed by atoms with E-state index in [0.29, 0.717) is 31.8 Å². The summed E-state index contributed by atoms with van der Waals surface area (Å²) in [6.45, 7) is 1.54. The molecule has 2 amide bonds. The van der Waals surface area contributed by atoms with Crippen LogP contribution in [0.3, 0.4) is 0 Å². The lowest BCUT2D eigenvalue weighted by atomic mass is 10.2. The third-order valence-electron chi connectivity index (χ3n) is 3.73. The number of amides is 2. The SMILES string of the molecule is O=C(Nc1ccc(N2CCOCC2=O)cc1)O[C@@H]1C[C@@H](O)CN1. The summed E-state index contributed by atoms with van der Waals surface area (Å²) in [7, 11) is 0. The molecule has 8 nitrogen and oxygen atoms in total. The van der Waals surface area contributed by atoms with E-state index in [1.54, 1.807) is 29.2 Å². The summed E-state index contributed by atoms with van der Waals surface area (Å²) in [5, 5.41) is 14.9. The van der Waals surface area contributed by atoms with Gasteiger partial charge in [-0.2, -0.15) is 0 Å². The van der Waals surface area contributed by atoms with Crippen LogP contribution < -0.4 is 15.5 Å². The standard InChI is InChI=1S/C15H19N3O5/c19-12-7-13(16-8-12)23-15(21)17-10-1-3-11(4-2-10)18-5-6-22-9-14(18)20/h1-4,12-13,16,19H,5-9H2,(H,17,21)/t12-,13-/m1/s1. The number of carbonyl (C=O) groups excluding carboxylic acids is 2. The van der Waals surface area contributed by atoms with Gasteiger partial charge >= 0.3 is 6.09 Å². The first kappa shape index (κ1) is 15.7. The highest BCUT2D eigenvalue weighted by Crippen LogP contribution is 2.20. The van der Waals surface area contributed by atoms with Gasteiger partial charge in [-0.1, -0.05) is 0 Å². The first-order valence-corrected chi connectivity index (χ1v) is 7.49. The van der Waals surface area contributed by atoms with Crippen LogP contribution in [0.5, 0.6) is 0 Å². The van der Waals surface area contributed by atoms with Crippen LogP contribution in [0.1, 0.15) is 6.42 Å². The fourth-order valence-corrected chi connectivity index (χ4v) is 2.56. The topological polar surface area (TPSA) is 100 Å². The van der Waals surface area contributed by atoms with Crippen molar-refractivity contribution in [2.45, 2.75) is 18.8 Å². The highest BCUT2D eigenvalue weighted by molar-refractivity contribution is 5.95. The lowest BCUT2D eigenvalue weighted by molar-refractivity contribution is -0.125. The van der Waals surface area contributed by atoms with Gasteiger partial charge in [0.15, 0.2) is 6.23 Å². The molecule has 3 rings (SSSR count). The van der Waals surface area contributed by atoms with Crippen molar-refractivity contribution in [3.63, 3.8) is 0 Å². The summed E-state index contributed by atoms with van der Waals surface area (Å²) >= 11 is 0. The van der Waals surface area contributed by atoms with E-state index in [1.807, 2.05) is 0 Å². The van der Waals surface area contributed by atoms with Gasteiger partial charge in [-0.15, -0.1) is 0 Å². The molecule has 124 valence electrons. The normalized spacial score (nSPS) is 24.6. The molecule has 2 saturated heterocycles. The molecule has 0 aliphatic carbocycles. The zero-order chi connectivity index (χ0) is 16.2. The number of anilines is 2. The van der Waals surface area contributed by atoms with E-state index in [2.05, 4.69) is 10.6 Å². The molecule has 0 aromatic heterocycles. The molecule has 1 aromatic rings. The Morgan fingerprint density at radius 2 is 2.17 bits per heavy atom. The predicted octanol–water partition coefficient (Wildman–Crippen LogP) is 0.279. The van der Waals surface area contributed by atoms with Crippen LogP contribution in [-0.2, 0) is 14.3 Å². The minimum Gasteiger partial charge on any atom is -0.430 e. The summed E-state index contributed by atoms with van der Waals surface area (Å²) in [6, 6.07) is 6.93. The highest BCUT2D eigenvalue weighted by atomic mass is 16.6. The minimum atomic E-state index is -0.591. The molecule has 8 heteroatoms. The molecule has 2 aliphatic rings. The summed E-state index contributed by atoms with van der Waals surface area (Å²) in [4.78, 5) is 25.2. The van der Waals surface area contributed by atoms with Crippen molar-refractivity contribution in [2.24, 2.45) is 0 Å². The summed E-state index contributed by atoms with van der Waals surface area (Å²) in [5.74, 6) is -0.0813. The first-order valence-electron chi connectivity index (χ1n) is 7.49. The molecule has 2 heterocycles. The molecule has 1 aromatic carbocycles. The number of rotatable bonds is 3. The molecular formula is C15H19N3O5. The van der Waals surface area contributed by atoms with E-state index in [9.17, 15) is 14.7 Å². The van der Waals surface area contributed by atoms with Crippen molar-refractivity contribution in [3.8, 4) is 0 Å². The monoisotopic (exact) mass is 321 g/mol. The minimum absolute atomic E-state index is 0.0813. The second kappa shape index (κ2) is 6.95. The molecule has 2 atom stereocenters. The molecular weight excluding hydrogens is 302 g/mol. The Bertz CT molecular complexity index is 577. The number of hydrogen-bond donors (Lipinski definition) is 3. The first-order chi connectivity index (χ1) is 11.1. The van der Waals surface area contributed by atoms with E-state index < -0.39 is 18.4 Å². The number of β-amino-alcohol motifs (C(OH)–C–C–N with tert-alkyl or cyclic N) is 1. The molecule has 0 bridgehead atoms. The Morgan fingerprint density at radius 3 is 2.83 bits per heavy atom. The number of benzene rings is 1. The maximum atomic E-state index is 11.8. The Morgan fingerprint density at radius 1 is 1.39 bits per heavy atom. The average Bonchev–Trinajstić information content (AvgIpc) is 2.93. The molecule has 2 aliphatic heterocycles. The van der Waals surface area contributed by atoms with Gasteiger partial charge in [0.1, 0.15) is 6.61 Å². The van der Waals surface area contributed by atoms with Crippen LogP contribution in [-0.4, -0.2) is 55.7 Å². The number of aliphatic hydroxyl groups is 1. The van der Waals surface area contributed by atoms with Crippen molar-refractivity contribution >= 4 is 23.4 Å². The van der Waals surface area contributed by atoms with Crippen molar-refractivity contribution in [3.05, 3.63) is 24.3 Å². The molecule has 23 heavy (non-hydrogen) atoms. The van der Waals surface area contributed by atoms with Gasteiger partial charge in [-0.25, -0.2) is 4.79 Å². The summed E-state index contributed by atoms with van der Waals surface area (Å²) in [6.07, 6.45) is -1.17. The molecule has 2 fully saturated rings. The maximum absolute atomic E-state index is 11.8. The van der Waals surface area contributed by atoms with Gasteiger partial charge in [0.2, 0.25) is 0 Å². The number of ether oxygens (including phenoxy) is 2. The largest absolute Gasteiger partial charge is 0.430 e. The zero-order valence-electron chi connectivity index (χ0n) is 12.5. The predicted molar refractivity (Wildman–Crippen MR) is 82.1 cm³/mol. The van der Waals surface area contributed by atoms with Crippen molar-refractivity contribution in [2.75, 3.05) is 36.5 Å². The fourth-order valence-electron chi connectivity index (χ4n) is 2.56. The Balaban J connectivity index is 1.54. The van der Waals surface area contributed by atoms with E-state index >= 15 is 0 Å².